The number of hydrogen-bond donors (Lipinski definition) is 1. The van der Waals surface area contributed by atoms with Crippen LogP contribution in [0.2, 0.25) is 0 Å². The van der Waals surface area contributed by atoms with Gasteiger partial charge in [0.1, 0.15) is 5.60 Å². The molecule has 4 aliphatic heterocycles. The van der Waals surface area contributed by atoms with Crippen LogP contribution in [-0.4, -0.2) is 34.1 Å². The molecule has 1 aliphatic carbocycles. The number of ether oxygens (including phenoxy) is 2. The molecule has 4 heterocycles. The van der Waals surface area contributed by atoms with Crippen molar-refractivity contribution in [2.45, 2.75) is 76.0 Å². The molecule has 0 unspecified atom stereocenters. The van der Waals surface area contributed by atoms with E-state index in [9.17, 15) is 5.11 Å². The summed E-state index contributed by atoms with van der Waals surface area (Å²) >= 11 is 0. The Bertz CT molecular complexity index is 405. The van der Waals surface area contributed by atoms with Gasteiger partial charge in [-0.05, 0) is 32.6 Å². The summed E-state index contributed by atoms with van der Waals surface area (Å²) in [5, 5.41) is 10.8. The van der Waals surface area contributed by atoms with Crippen molar-refractivity contribution in [1.82, 2.24) is 0 Å². The second-order valence-electron chi connectivity index (χ2n) is 7.72. The third-order valence-electron chi connectivity index (χ3n) is 6.33. The second kappa shape index (κ2) is 2.97. The highest BCUT2D eigenvalue weighted by molar-refractivity contribution is 5.28. The fourth-order valence-electron chi connectivity index (χ4n) is 5.64. The Hall–Kier alpha value is -0.120. The monoisotopic (exact) mass is 252 g/mol. The lowest BCUT2D eigenvalue weighted by molar-refractivity contribution is -0.179. The summed E-state index contributed by atoms with van der Waals surface area (Å²) in [4.78, 5) is 0. The Kier molecular flexibility index (Phi) is 1.93. The van der Waals surface area contributed by atoms with E-state index >= 15 is 0 Å². The van der Waals surface area contributed by atoms with Gasteiger partial charge in [0.05, 0.1) is 23.4 Å². The fraction of sp³-hybridized carbons (Fsp3) is 1.00. The van der Waals surface area contributed by atoms with Crippen LogP contribution < -0.4 is 0 Å². The highest BCUT2D eigenvalue weighted by Crippen LogP contribution is 2.70. The van der Waals surface area contributed by atoms with Gasteiger partial charge in [0.15, 0.2) is 0 Å². The maximum absolute atomic E-state index is 10.8. The van der Waals surface area contributed by atoms with Crippen LogP contribution in [0.15, 0.2) is 0 Å². The minimum Gasteiger partial charge on any atom is -0.390 e. The Balaban J connectivity index is 1.85. The van der Waals surface area contributed by atoms with Crippen LogP contribution in [-0.2, 0) is 9.47 Å². The highest BCUT2D eigenvalue weighted by Gasteiger charge is 2.80. The number of aliphatic hydroxyl groups is 1. The van der Waals surface area contributed by atoms with Gasteiger partial charge in [-0.2, -0.15) is 0 Å². The highest BCUT2D eigenvalue weighted by atomic mass is 16.6. The summed E-state index contributed by atoms with van der Waals surface area (Å²) in [5.74, 6) is 1.17. The fourth-order valence-corrected chi connectivity index (χ4v) is 5.64. The smallest absolute Gasteiger partial charge is 0.105 e. The molecule has 5 fully saturated rings. The number of hydrogen-bond acceptors (Lipinski definition) is 3. The van der Waals surface area contributed by atoms with E-state index < -0.39 is 5.60 Å². The molecule has 1 saturated carbocycles. The SMILES string of the molecule is CC(C)[C@H]1[C@H]2O[C@@]3(C)C[C@@H]1O[C@]31CC[C@](C)(O)[C@@H]21. The van der Waals surface area contributed by atoms with Crippen LogP contribution in [0.25, 0.3) is 0 Å². The topological polar surface area (TPSA) is 38.7 Å². The van der Waals surface area contributed by atoms with Crippen LogP contribution in [0.3, 0.4) is 0 Å². The second-order valence-corrected chi connectivity index (χ2v) is 7.72. The van der Waals surface area contributed by atoms with Crippen molar-refractivity contribution in [3.63, 3.8) is 0 Å². The van der Waals surface area contributed by atoms with E-state index in [1.54, 1.807) is 0 Å². The predicted octanol–water partition coefficient (Wildman–Crippen LogP) is 2.12. The molecule has 0 aromatic carbocycles. The van der Waals surface area contributed by atoms with Crippen molar-refractivity contribution in [1.29, 1.82) is 0 Å². The first-order chi connectivity index (χ1) is 8.31. The zero-order valence-corrected chi connectivity index (χ0v) is 11.8. The molecule has 0 aromatic heterocycles. The third-order valence-corrected chi connectivity index (χ3v) is 6.33. The molecule has 18 heavy (non-hydrogen) atoms. The molecule has 5 rings (SSSR count). The molecule has 4 bridgehead atoms. The van der Waals surface area contributed by atoms with Crippen molar-refractivity contribution in [3.05, 3.63) is 0 Å². The van der Waals surface area contributed by atoms with Crippen LogP contribution in [0, 0.1) is 17.8 Å². The summed E-state index contributed by atoms with van der Waals surface area (Å²) in [6, 6.07) is 0. The Morgan fingerprint density at radius 3 is 2.56 bits per heavy atom. The Labute approximate surface area is 109 Å². The van der Waals surface area contributed by atoms with Crippen molar-refractivity contribution in [3.8, 4) is 0 Å². The summed E-state index contributed by atoms with van der Waals surface area (Å²) < 4.78 is 12.9. The van der Waals surface area contributed by atoms with Gasteiger partial charge in [-0.1, -0.05) is 13.8 Å². The van der Waals surface area contributed by atoms with Gasteiger partial charge < -0.3 is 14.6 Å². The lowest BCUT2D eigenvalue weighted by atomic mass is 9.71. The van der Waals surface area contributed by atoms with Gasteiger partial charge in [-0.25, -0.2) is 0 Å². The molecule has 0 aromatic rings. The van der Waals surface area contributed by atoms with Gasteiger partial charge in [0.25, 0.3) is 0 Å². The third kappa shape index (κ3) is 1.01. The normalized spacial score (nSPS) is 65.0. The van der Waals surface area contributed by atoms with E-state index in [1.165, 1.54) is 0 Å². The van der Waals surface area contributed by atoms with Gasteiger partial charge in [0, 0.05) is 18.3 Å². The minimum absolute atomic E-state index is 0.154. The lowest BCUT2D eigenvalue weighted by Crippen LogP contribution is -2.55. The van der Waals surface area contributed by atoms with Gasteiger partial charge >= 0.3 is 0 Å². The van der Waals surface area contributed by atoms with Crippen molar-refractivity contribution < 1.29 is 14.6 Å². The largest absolute Gasteiger partial charge is 0.390 e. The van der Waals surface area contributed by atoms with E-state index in [1.807, 2.05) is 6.92 Å². The molecular weight excluding hydrogens is 228 g/mol. The molecule has 0 radical (unpaired) electrons. The van der Waals surface area contributed by atoms with Crippen molar-refractivity contribution in [2.24, 2.45) is 17.8 Å². The average Bonchev–Trinajstić information content (AvgIpc) is 2.68. The zero-order chi connectivity index (χ0) is 12.9. The van der Waals surface area contributed by atoms with E-state index in [-0.39, 0.29) is 23.2 Å². The molecule has 7 atom stereocenters. The quantitative estimate of drug-likeness (QED) is 0.777. The summed E-state index contributed by atoms with van der Waals surface area (Å²) in [6.07, 6.45) is 3.36. The molecule has 102 valence electrons. The van der Waals surface area contributed by atoms with Crippen molar-refractivity contribution in [2.75, 3.05) is 0 Å². The minimum atomic E-state index is -0.620. The predicted molar refractivity (Wildman–Crippen MR) is 67.2 cm³/mol. The van der Waals surface area contributed by atoms with Gasteiger partial charge in [-0.15, -0.1) is 0 Å². The molecule has 4 saturated heterocycles. The maximum atomic E-state index is 10.8. The Morgan fingerprint density at radius 2 is 1.89 bits per heavy atom. The zero-order valence-electron chi connectivity index (χ0n) is 11.8. The molecule has 5 aliphatic rings. The van der Waals surface area contributed by atoms with E-state index in [4.69, 9.17) is 9.47 Å². The first-order valence-electron chi connectivity index (χ1n) is 7.39. The number of rotatable bonds is 1. The van der Waals surface area contributed by atoms with E-state index in [2.05, 4.69) is 20.8 Å². The van der Waals surface area contributed by atoms with Gasteiger partial charge in [0.2, 0.25) is 0 Å². The summed E-state index contributed by atoms with van der Waals surface area (Å²) in [7, 11) is 0. The first kappa shape index (κ1) is 11.7. The van der Waals surface area contributed by atoms with Gasteiger partial charge in [-0.3, -0.25) is 0 Å². The standard InChI is InChI=1S/C15H24O3/c1-8(2)10-9-7-14(4)15(17-9)6-5-13(3,16)12(15)11(10)18-14/h8-12,16H,5-7H2,1-4H3/t9-,10+,11+,12+,13-,14-,15-/m0/s1. The Morgan fingerprint density at radius 1 is 1.17 bits per heavy atom. The molecule has 0 amide bonds. The molecule has 3 nitrogen and oxygen atoms in total. The first-order valence-corrected chi connectivity index (χ1v) is 7.39. The maximum Gasteiger partial charge on any atom is 0.105 e. The van der Waals surface area contributed by atoms with Crippen LogP contribution in [0.4, 0.5) is 0 Å². The average molecular weight is 252 g/mol. The van der Waals surface area contributed by atoms with E-state index in [0.717, 1.165) is 19.3 Å². The van der Waals surface area contributed by atoms with Crippen LogP contribution >= 0.6 is 0 Å². The molecule has 1 N–H and O–H groups in total. The van der Waals surface area contributed by atoms with Crippen LogP contribution in [0.5, 0.6) is 0 Å². The summed E-state index contributed by atoms with van der Waals surface area (Å²) in [5.41, 5.74) is -0.971. The van der Waals surface area contributed by atoms with Crippen molar-refractivity contribution >= 4 is 0 Å². The summed E-state index contributed by atoms with van der Waals surface area (Å²) in [6.45, 7) is 8.69. The van der Waals surface area contributed by atoms with E-state index in [0.29, 0.717) is 17.9 Å². The molecular formula is C15H24O3. The van der Waals surface area contributed by atoms with Crippen LogP contribution in [0.1, 0.15) is 47.0 Å². The molecule has 1 spiro atoms. The molecule has 3 heteroatoms. The lowest BCUT2D eigenvalue weighted by Gasteiger charge is -2.45.